The van der Waals surface area contributed by atoms with Crippen LogP contribution in [0.15, 0.2) is 18.2 Å². The molecular formula is C19H22N4O5. The van der Waals surface area contributed by atoms with Crippen LogP contribution in [-0.2, 0) is 26.2 Å². The number of nitrogens with one attached hydrogen (secondary N) is 2. The van der Waals surface area contributed by atoms with Gasteiger partial charge in [0.1, 0.15) is 11.3 Å². The highest BCUT2D eigenvalue weighted by molar-refractivity contribution is 6.03. The molecule has 0 spiro atoms. The first-order valence-corrected chi connectivity index (χ1v) is 9.32. The number of para-hydroxylation sites is 1. The Hall–Kier alpha value is -2.94. The molecule has 2 unspecified atom stereocenters. The summed E-state index contributed by atoms with van der Waals surface area (Å²) in [6, 6.07) is 5.47. The lowest BCUT2D eigenvalue weighted by molar-refractivity contribution is -0.134. The number of nitrogens with zero attached hydrogens (tertiary/aromatic N) is 2. The second-order valence-corrected chi connectivity index (χ2v) is 7.08. The van der Waals surface area contributed by atoms with Crippen molar-refractivity contribution >= 4 is 28.6 Å². The fourth-order valence-electron chi connectivity index (χ4n) is 3.72. The lowest BCUT2D eigenvalue weighted by atomic mass is 9.93. The van der Waals surface area contributed by atoms with Crippen molar-refractivity contribution in [2.24, 2.45) is 7.05 Å². The summed E-state index contributed by atoms with van der Waals surface area (Å²) in [5.74, 6) is -0.767. The third kappa shape index (κ3) is 3.57. The number of ether oxygens (including phenoxy) is 2. The Morgan fingerprint density at radius 3 is 3.00 bits per heavy atom. The molecule has 2 atom stereocenters. The normalized spacial score (nSPS) is 22.3. The smallest absolute Gasteiger partial charge is 0.258 e. The summed E-state index contributed by atoms with van der Waals surface area (Å²) in [6.07, 6.45) is 1.52. The molecule has 2 aromatic rings. The Morgan fingerprint density at radius 1 is 1.39 bits per heavy atom. The quantitative estimate of drug-likeness (QED) is 0.719. The van der Waals surface area contributed by atoms with E-state index in [1.54, 1.807) is 23.9 Å². The van der Waals surface area contributed by atoms with Gasteiger partial charge < -0.3 is 14.8 Å². The van der Waals surface area contributed by atoms with Crippen molar-refractivity contribution < 1.29 is 23.9 Å². The highest BCUT2D eigenvalue weighted by Gasteiger charge is 2.32. The van der Waals surface area contributed by atoms with E-state index in [1.807, 2.05) is 6.07 Å². The lowest BCUT2D eigenvalue weighted by Gasteiger charge is -2.19. The summed E-state index contributed by atoms with van der Waals surface area (Å²) >= 11 is 0. The Labute approximate surface area is 161 Å². The highest BCUT2D eigenvalue weighted by atomic mass is 16.5. The van der Waals surface area contributed by atoms with E-state index in [-0.39, 0.29) is 36.8 Å². The number of aromatic nitrogens is 2. The van der Waals surface area contributed by atoms with E-state index in [9.17, 15) is 14.4 Å². The van der Waals surface area contributed by atoms with E-state index in [0.29, 0.717) is 36.6 Å². The maximum Gasteiger partial charge on any atom is 0.258 e. The van der Waals surface area contributed by atoms with Gasteiger partial charge in [0.15, 0.2) is 6.61 Å². The Bertz CT molecular complexity index is 932. The molecule has 28 heavy (non-hydrogen) atoms. The van der Waals surface area contributed by atoms with Gasteiger partial charge in [-0.3, -0.25) is 24.4 Å². The number of carbonyl (C=O) groups excluding carboxylic acids is 3. The predicted octanol–water partition coefficient (Wildman–Crippen LogP) is 0.377. The molecule has 2 saturated heterocycles. The zero-order chi connectivity index (χ0) is 19.7. The van der Waals surface area contributed by atoms with Crippen LogP contribution in [0.3, 0.4) is 0 Å². The third-order valence-corrected chi connectivity index (χ3v) is 5.08. The number of imide groups is 1. The van der Waals surface area contributed by atoms with E-state index < -0.39 is 5.92 Å². The number of amides is 3. The Balaban J connectivity index is 1.53. The Morgan fingerprint density at radius 2 is 2.25 bits per heavy atom. The molecule has 0 radical (unpaired) electrons. The minimum absolute atomic E-state index is 0.0303. The number of carbonyl (C=O) groups is 3. The maximum atomic E-state index is 12.2. The molecule has 0 saturated carbocycles. The van der Waals surface area contributed by atoms with Crippen LogP contribution < -0.4 is 15.4 Å². The molecule has 3 amide bonds. The summed E-state index contributed by atoms with van der Waals surface area (Å²) in [6.45, 7) is 1.07. The molecule has 2 aliphatic heterocycles. The molecule has 2 aliphatic rings. The Kier molecular flexibility index (Phi) is 4.99. The van der Waals surface area contributed by atoms with Crippen molar-refractivity contribution in [3.8, 4) is 5.75 Å². The van der Waals surface area contributed by atoms with Gasteiger partial charge in [-0.25, -0.2) is 0 Å². The molecule has 1 aromatic heterocycles. The lowest BCUT2D eigenvalue weighted by Crippen LogP contribution is -2.39. The molecule has 3 heterocycles. The largest absolute Gasteiger partial charge is 0.482 e. The number of fused-ring (bicyclic) bond motifs is 1. The molecule has 9 heteroatoms. The van der Waals surface area contributed by atoms with E-state index in [2.05, 4.69) is 15.7 Å². The summed E-state index contributed by atoms with van der Waals surface area (Å²) in [7, 11) is 1.76. The van der Waals surface area contributed by atoms with Crippen LogP contribution in [-0.4, -0.2) is 53.4 Å². The van der Waals surface area contributed by atoms with Crippen LogP contribution in [0.2, 0.25) is 0 Å². The molecule has 0 bridgehead atoms. The summed E-state index contributed by atoms with van der Waals surface area (Å²) in [5, 5.41) is 10.5. The number of rotatable bonds is 5. The topological polar surface area (TPSA) is 112 Å². The zero-order valence-corrected chi connectivity index (χ0v) is 15.6. The minimum atomic E-state index is -0.484. The van der Waals surface area contributed by atoms with E-state index in [4.69, 9.17) is 9.47 Å². The minimum Gasteiger partial charge on any atom is -0.482 e. The van der Waals surface area contributed by atoms with Gasteiger partial charge in [0.05, 0.1) is 24.3 Å². The molecule has 148 valence electrons. The predicted molar refractivity (Wildman–Crippen MR) is 98.7 cm³/mol. The van der Waals surface area contributed by atoms with Gasteiger partial charge in [-0.15, -0.1) is 0 Å². The van der Waals surface area contributed by atoms with E-state index in [1.165, 1.54) is 0 Å². The highest BCUT2D eigenvalue weighted by Crippen LogP contribution is 2.34. The molecule has 4 rings (SSSR count). The van der Waals surface area contributed by atoms with Crippen molar-refractivity contribution in [3.05, 3.63) is 23.9 Å². The average Bonchev–Trinajstić information content (AvgIpc) is 3.28. The molecular weight excluding hydrogens is 364 g/mol. The van der Waals surface area contributed by atoms with E-state index in [0.717, 1.165) is 11.8 Å². The van der Waals surface area contributed by atoms with Crippen molar-refractivity contribution in [2.45, 2.75) is 31.2 Å². The summed E-state index contributed by atoms with van der Waals surface area (Å²) in [4.78, 5) is 35.8. The molecule has 1 aromatic carbocycles. The maximum absolute atomic E-state index is 12.2. The van der Waals surface area contributed by atoms with Gasteiger partial charge in [-0.1, -0.05) is 12.1 Å². The second kappa shape index (κ2) is 7.59. The summed E-state index contributed by atoms with van der Waals surface area (Å²) < 4.78 is 12.6. The first kappa shape index (κ1) is 18.4. The molecule has 2 N–H and O–H groups in total. The van der Waals surface area contributed by atoms with Gasteiger partial charge in [0, 0.05) is 25.5 Å². The molecule has 0 aliphatic carbocycles. The van der Waals surface area contributed by atoms with Crippen molar-refractivity contribution in [2.75, 3.05) is 19.8 Å². The van der Waals surface area contributed by atoms with Gasteiger partial charge >= 0.3 is 0 Å². The molecule has 2 fully saturated rings. The zero-order valence-electron chi connectivity index (χ0n) is 15.6. The first-order valence-electron chi connectivity index (χ1n) is 9.32. The number of benzene rings is 1. The van der Waals surface area contributed by atoms with Crippen LogP contribution in [0.25, 0.3) is 10.9 Å². The number of piperidine rings is 1. The van der Waals surface area contributed by atoms with E-state index >= 15 is 0 Å². The van der Waals surface area contributed by atoms with Crippen molar-refractivity contribution in [3.63, 3.8) is 0 Å². The van der Waals surface area contributed by atoms with Crippen LogP contribution >= 0.6 is 0 Å². The molecule has 9 nitrogen and oxygen atoms in total. The van der Waals surface area contributed by atoms with Crippen LogP contribution in [0.4, 0.5) is 0 Å². The average molecular weight is 386 g/mol. The number of hydrogen-bond acceptors (Lipinski definition) is 6. The second-order valence-electron chi connectivity index (χ2n) is 7.08. The number of aryl methyl sites for hydroxylation is 1. The van der Waals surface area contributed by atoms with Gasteiger partial charge in [0.2, 0.25) is 11.8 Å². The fourth-order valence-corrected chi connectivity index (χ4v) is 3.72. The SMILES string of the molecule is Cn1nc(C2CCC(=O)NC2=O)c2cccc(OCC(=O)NC3CCOC3)c21. The van der Waals surface area contributed by atoms with Gasteiger partial charge in [-0.2, -0.15) is 5.10 Å². The third-order valence-electron chi connectivity index (χ3n) is 5.08. The monoisotopic (exact) mass is 386 g/mol. The van der Waals surface area contributed by atoms with Crippen LogP contribution in [0.5, 0.6) is 5.75 Å². The van der Waals surface area contributed by atoms with Gasteiger partial charge in [0.25, 0.3) is 5.91 Å². The first-order chi connectivity index (χ1) is 13.5. The van der Waals surface area contributed by atoms with Gasteiger partial charge in [-0.05, 0) is 18.9 Å². The fraction of sp³-hybridized carbons (Fsp3) is 0.474. The standard InChI is InChI=1S/C19H22N4O5/c1-23-18-12(17(22-23)13-5-6-15(24)21-19(13)26)3-2-4-14(18)28-10-16(25)20-11-7-8-27-9-11/h2-4,11,13H,5-10H2,1H3,(H,20,25)(H,21,24,26). The van der Waals surface area contributed by atoms with Crippen LogP contribution in [0.1, 0.15) is 30.9 Å². The number of hydrogen-bond donors (Lipinski definition) is 2. The van der Waals surface area contributed by atoms with Crippen molar-refractivity contribution in [1.82, 2.24) is 20.4 Å². The summed E-state index contributed by atoms with van der Waals surface area (Å²) in [5.41, 5.74) is 1.32. The van der Waals surface area contributed by atoms with Crippen molar-refractivity contribution in [1.29, 1.82) is 0 Å². The van der Waals surface area contributed by atoms with Crippen LogP contribution in [0, 0.1) is 0 Å².